The molecule has 0 saturated heterocycles. The average Bonchev–Trinajstić information content (AvgIpc) is 2.39. The van der Waals surface area contributed by atoms with Crippen LogP contribution in [0.4, 0.5) is 4.39 Å². The van der Waals surface area contributed by atoms with E-state index in [1.165, 1.54) is 64.2 Å². The van der Waals surface area contributed by atoms with Crippen LogP contribution < -0.4 is 0 Å². The molecule has 0 fully saturated rings. The molecular weight excluding hydrogens is 227 g/mol. The molecule has 18 heavy (non-hydrogen) atoms. The molecule has 0 aromatic carbocycles. The average molecular weight is 260 g/mol. The van der Waals surface area contributed by atoms with Gasteiger partial charge in [-0.3, -0.25) is 0 Å². The molecular formula is C16H33FO. The van der Waals surface area contributed by atoms with Crippen LogP contribution in [0.2, 0.25) is 0 Å². The Bertz CT molecular complexity index is 150. The van der Waals surface area contributed by atoms with Gasteiger partial charge in [-0.1, -0.05) is 84.0 Å². The third-order valence-corrected chi connectivity index (χ3v) is 3.57. The number of aliphatic hydroxyl groups is 1. The SMILES string of the molecule is CCCCCCCCCCCCCCC(F)CO. The number of aliphatic hydroxyl groups excluding tert-OH is 1. The first kappa shape index (κ1) is 17.9. The Hall–Kier alpha value is -0.110. The Balaban J connectivity index is 2.94. The van der Waals surface area contributed by atoms with Crippen molar-refractivity contribution in [3.8, 4) is 0 Å². The molecule has 110 valence electrons. The second kappa shape index (κ2) is 14.9. The fraction of sp³-hybridized carbons (Fsp3) is 1.00. The smallest absolute Gasteiger partial charge is 0.123 e. The van der Waals surface area contributed by atoms with E-state index in [0.29, 0.717) is 6.42 Å². The van der Waals surface area contributed by atoms with Crippen molar-refractivity contribution in [2.45, 2.75) is 96.6 Å². The van der Waals surface area contributed by atoms with E-state index in [4.69, 9.17) is 5.11 Å². The van der Waals surface area contributed by atoms with Gasteiger partial charge in [0.1, 0.15) is 6.17 Å². The number of hydrogen-bond donors (Lipinski definition) is 1. The maximum absolute atomic E-state index is 12.7. The van der Waals surface area contributed by atoms with Crippen molar-refractivity contribution >= 4 is 0 Å². The van der Waals surface area contributed by atoms with Crippen LogP contribution in [0.1, 0.15) is 90.4 Å². The van der Waals surface area contributed by atoms with Crippen LogP contribution >= 0.6 is 0 Å². The molecule has 1 atom stereocenters. The quantitative estimate of drug-likeness (QED) is 0.414. The highest BCUT2D eigenvalue weighted by molar-refractivity contribution is 4.54. The van der Waals surface area contributed by atoms with Gasteiger partial charge in [-0.25, -0.2) is 4.39 Å². The second-order valence-electron chi connectivity index (χ2n) is 5.46. The molecule has 0 radical (unpaired) electrons. The first-order valence-corrected chi connectivity index (χ1v) is 8.06. The summed E-state index contributed by atoms with van der Waals surface area (Å²) in [6.45, 7) is 1.95. The van der Waals surface area contributed by atoms with E-state index >= 15 is 0 Å². The highest BCUT2D eigenvalue weighted by Gasteiger charge is 2.02. The Morgan fingerprint density at radius 2 is 1.11 bits per heavy atom. The highest BCUT2D eigenvalue weighted by Crippen LogP contribution is 2.13. The second-order valence-corrected chi connectivity index (χ2v) is 5.46. The number of hydrogen-bond acceptors (Lipinski definition) is 1. The van der Waals surface area contributed by atoms with Crippen LogP contribution in [0.15, 0.2) is 0 Å². The molecule has 0 bridgehead atoms. The third-order valence-electron chi connectivity index (χ3n) is 3.57. The summed E-state index contributed by atoms with van der Waals surface area (Å²) in [4.78, 5) is 0. The minimum absolute atomic E-state index is 0.308. The Morgan fingerprint density at radius 3 is 1.50 bits per heavy atom. The Labute approximate surface area is 113 Å². The Morgan fingerprint density at radius 1 is 0.722 bits per heavy atom. The maximum atomic E-state index is 12.7. The fourth-order valence-corrected chi connectivity index (χ4v) is 2.30. The molecule has 0 aromatic rings. The van der Waals surface area contributed by atoms with Crippen molar-refractivity contribution in [1.82, 2.24) is 0 Å². The van der Waals surface area contributed by atoms with Crippen molar-refractivity contribution in [2.24, 2.45) is 0 Å². The largest absolute Gasteiger partial charge is 0.393 e. The van der Waals surface area contributed by atoms with Gasteiger partial charge >= 0.3 is 0 Å². The van der Waals surface area contributed by atoms with Gasteiger partial charge in [0.15, 0.2) is 0 Å². The predicted molar refractivity (Wildman–Crippen MR) is 77.7 cm³/mol. The molecule has 0 spiro atoms. The number of alkyl halides is 1. The summed E-state index contributed by atoms with van der Waals surface area (Å²) in [6.07, 6.45) is 15.2. The van der Waals surface area contributed by atoms with Gasteiger partial charge < -0.3 is 5.11 Å². The molecule has 2 heteroatoms. The summed E-state index contributed by atoms with van der Waals surface area (Å²) in [5.41, 5.74) is 0. The van der Waals surface area contributed by atoms with E-state index in [0.717, 1.165) is 12.8 Å². The molecule has 0 aromatic heterocycles. The molecule has 0 amide bonds. The van der Waals surface area contributed by atoms with Crippen LogP contribution in [0.3, 0.4) is 0 Å². The fourth-order valence-electron chi connectivity index (χ4n) is 2.30. The number of halogens is 1. The highest BCUT2D eigenvalue weighted by atomic mass is 19.1. The lowest BCUT2D eigenvalue weighted by atomic mass is 10.0. The zero-order valence-electron chi connectivity index (χ0n) is 12.3. The van der Waals surface area contributed by atoms with Crippen LogP contribution in [0.25, 0.3) is 0 Å². The summed E-state index contributed by atoms with van der Waals surface area (Å²) in [7, 11) is 0. The van der Waals surface area contributed by atoms with E-state index in [1.54, 1.807) is 0 Å². The standard InChI is InChI=1S/C16H33FO/c1-2-3-4-5-6-7-8-9-10-11-12-13-14-16(17)15-18/h16,18H,2-15H2,1H3. The van der Waals surface area contributed by atoms with Crippen molar-refractivity contribution in [1.29, 1.82) is 0 Å². The molecule has 1 nitrogen and oxygen atoms in total. The zero-order valence-corrected chi connectivity index (χ0v) is 12.3. The molecule has 0 heterocycles. The maximum Gasteiger partial charge on any atom is 0.123 e. The topological polar surface area (TPSA) is 20.2 Å². The van der Waals surface area contributed by atoms with Crippen LogP contribution in [-0.2, 0) is 0 Å². The van der Waals surface area contributed by atoms with Crippen molar-refractivity contribution in [2.75, 3.05) is 6.61 Å². The minimum Gasteiger partial charge on any atom is -0.393 e. The van der Waals surface area contributed by atoms with E-state index < -0.39 is 6.17 Å². The number of unbranched alkanes of at least 4 members (excludes halogenated alkanes) is 11. The molecule has 0 aliphatic rings. The van der Waals surface area contributed by atoms with E-state index in [-0.39, 0.29) is 6.61 Å². The van der Waals surface area contributed by atoms with Gasteiger partial charge in [-0.15, -0.1) is 0 Å². The normalized spacial score (nSPS) is 12.8. The first-order valence-electron chi connectivity index (χ1n) is 8.06. The monoisotopic (exact) mass is 260 g/mol. The summed E-state index contributed by atoms with van der Waals surface area (Å²) in [6, 6.07) is 0. The summed E-state index contributed by atoms with van der Waals surface area (Å²) in [5, 5.41) is 8.54. The van der Waals surface area contributed by atoms with Gasteiger partial charge in [0.25, 0.3) is 0 Å². The lowest BCUT2D eigenvalue weighted by molar-refractivity contribution is 0.167. The summed E-state index contributed by atoms with van der Waals surface area (Å²) >= 11 is 0. The molecule has 1 N–H and O–H groups in total. The van der Waals surface area contributed by atoms with Crippen molar-refractivity contribution < 1.29 is 9.50 Å². The first-order chi connectivity index (χ1) is 8.81. The van der Waals surface area contributed by atoms with Crippen LogP contribution in [0.5, 0.6) is 0 Å². The third kappa shape index (κ3) is 14.0. The van der Waals surface area contributed by atoms with Crippen molar-refractivity contribution in [3.05, 3.63) is 0 Å². The van der Waals surface area contributed by atoms with Gasteiger partial charge in [0, 0.05) is 0 Å². The molecule has 0 aliphatic carbocycles. The van der Waals surface area contributed by atoms with Gasteiger partial charge in [-0.2, -0.15) is 0 Å². The molecule has 0 rings (SSSR count). The lowest BCUT2D eigenvalue weighted by Gasteiger charge is -2.04. The van der Waals surface area contributed by atoms with Crippen LogP contribution in [-0.4, -0.2) is 17.9 Å². The predicted octanol–water partition coefficient (Wildman–Crippen LogP) is 5.41. The van der Waals surface area contributed by atoms with Crippen LogP contribution in [0, 0.1) is 0 Å². The van der Waals surface area contributed by atoms with E-state index in [9.17, 15) is 4.39 Å². The van der Waals surface area contributed by atoms with E-state index in [1.807, 2.05) is 0 Å². The Kier molecular flexibility index (Phi) is 14.9. The molecule has 1 unspecified atom stereocenters. The zero-order chi connectivity index (χ0) is 13.5. The molecule has 0 saturated carbocycles. The molecule has 0 aliphatic heterocycles. The summed E-state index contributed by atoms with van der Waals surface area (Å²) < 4.78 is 12.7. The number of rotatable bonds is 14. The lowest BCUT2D eigenvalue weighted by Crippen LogP contribution is -2.04. The van der Waals surface area contributed by atoms with E-state index in [2.05, 4.69) is 6.92 Å². The van der Waals surface area contributed by atoms with Gasteiger partial charge in [-0.05, 0) is 6.42 Å². The minimum atomic E-state index is -0.992. The summed E-state index contributed by atoms with van der Waals surface area (Å²) in [5.74, 6) is 0. The van der Waals surface area contributed by atoms with Gasteiger partial charge in [0.2, 0.25) is 0 Å². The van der Waals surface area contributed by atoms with Gasteiger partial charge in [0.05, 0.1) is 6.61 Å². The van der Waals surface area contributed by atoms with Crippen molar-refractivity contribution in [3.63, 3.8) is 0 Å².